The van der Waals surface area contributed by atoms with Crippen molar-refractivity contribution in [3.05, 3.63) is 11.9 Å². The Morgan fingerprint density at radius 2 is 1.58 bits per heavy atom. The lowest BCUT2D eigenvalue weighted by Crippen LogP contribution is -2.47. The molecule has 4 nitrogen and oxygen atoms in total. The minimum atomic E-state index is -0.756. The van der Waals surface area contributed by atoms with E-state index in [2.05, 4.69) is 58.8 Å². The van der Waals surface area contributed by atoms with Crippen LogP contribution in [-0.4, -0.2) is 25.7 Å². The first-order valence-electron chi connectivity index (χ1n) is 10.8. The van der Waals surface area contributed by atoms with E-state index < -0.39 is 5.60 Å². The number of hydrogen-bond donors (Lipinski definition) is 1. The van der Waals surface area contributed by atoms with Gasteiger partial charge >= 0.3 is 0 Å². The molecule has 0 spiro atoms. The fraction of sp³-hybridized carbons (Fsp3) is 0.909. The Morgan fingerprint density at radius 3 is 2.12 bits per heavy atom. The number of nitrogens with zero attached hydrogens (tertiary/aromatic N) is 3. The second-order valence-electron chi connectivity index (χ2n) is 9.08. The van der Waals surface area contributed by atoms with Gasteiger partial charge in [-0.15, -0.1) is 5.10 Å². The van der Waals surface area contributed by atoms with Crippen molar-refractivity contribution >= 4 is 0 Å². The zero-order valence-electron chi connectivity index (χ0n) is 18.4. The molecule has 0 bridgehead atoms. The minimum absolute atomic E-state index is 0.143. The van der Waals surface area contributed by atoms with Crippen molar-refractivity contribution in [1.29, 1.82) is 0 Å². The lowest BCUT2D eigenvalue weighted by Gasteiger charge is -2.42. The second-order valence-corrected chi connectivity index (χ2v) is 9.08. The predicted octanol–water partition coefficient (Wildman–Crippen LogP) is 5.78. The third kappa shape index (κ3) is 5.80. The van der Waals surface area contributed by atoms with Gasteiger partial charge in [-0.25, -0.2) is 4.68 Å². The topological polar surface area (TPSA) is 50.9 Å². The van der Waals surface area contributed by atoms with E-state index in [0.717, 1.165) is 25.0 Å². The molecule has 1 atom stereocenters. The maximum atomic E-state index is 11.2. The molecule has 0 aliphatic rings. The minimum Gasteiger partial charge on any atom is -0.387 e. The third-order valence-corrected chi connectivity index (χ3v) is 7.26. The highest BCUT2D eigenvalue weighted by Crippen LogP contribution is 2.38. The molecule has 0 saturated carbocycles. The Labute approximate surface area is 161 Å². The lowest BCUT2D eigenvalue weighted by molar-refractivity contribution is -0.0875. The van der Waals surface area contributed by atoms with Crippen LogP contribution in [0.25, 0.3) is 0 Å². The van der Waals surface area contributed by atoms with Gasteiger partial charge in [0.05, 0.1) is 24.0 Å². The molecule has 1 aromatic heterocycles. The third-order valence-electron chi connectivity index (χ3n) is 7.26. The summed E-state index contributed by atoms with van der Waals surface area (Å²) in [5.74, 6) is 0. The molecule has 1 N–H and O–H groups in total. The highest BCUT2D eigenvalue weighted by molar-refractivity contribution is 4.99. The van der Waals surface area contributed by atoms with Gasteiger partial charge in [0.2, 0.25) is 0 Å². The van der Waals surface area contributed by atoms with Gasteiger partial charge in [0, 0.05) is 0 Å². The Hall–Kier alpha value is -0.900. The number of aryl methyl sites for hydroxylation is 1. The van der Waals surface area contributed by atoms with Gasteiger partial charge in [0.15, 0.2) is 0 Å². The van der Waals surface area contributed by atoms with E-state index in [0.29, 0.717) is 12.0 Å². The molecule has 0 amide bonds. The van der Waals surface area contributed by atoms with Gasteiger partial charge < -0.3 is 5.11 Å². The molecule has 0 fully saturated rings. The van der Waals surface area contributed by atoms with Gasteiger partial charge in [-0.2, -0.15) is 0 Å². The zero-order chi connectivity index (χ0) is 19.8. The molecule has 1 aromatic rings. The fourth-order valence-corrected chi connectivity index (χ4v) is 3.63. The molecule has 0 saturated heterocycles. The predicted molar refractivity (Wildman–Crippen MR) is 110 cm³/mol. The summed E-state index contributed by atoms with van der Waals surface area (Å²) in [4.78, 5) is 0. The van der Waals surface area contributed by atoms with E-state index in [9.17, 15) is 5.11 Å². The van der Waals surface area contributed by atoms with Gasteiger partial charge in [-0.3, -0.25) is 0 Å². The van der Waals surface area contributed by atoms with E-state index in [4.69, 9.17) is 0 Å². The fourth-order valence-electron chi connectivity index (χ4n) is 3.63. The molecule has 152 valence electrons. The summed E-state index contributed by atoms with van der Waals surface area (Å²) in [5.41, 5.74) is 0.758. The van der Waals surface area contributed by atoms with Crippen LogP contribution in [0, 0.1) is 10.8 Å². The van der Waals surface area contributed by atoms with Crippen LogP contribution in [-0.2, 0) is 13.0 Å². The first-order valence-corrected chi connectivity index (χ1v) is 10.8. The monoisotopic (exact) mass is 365 g/mol. The van der Waals surface area contributed by atoms with Crippen LogP contribution in [0.15, 0.2) is 6.20 Å². The number of unbranched alkanes of at least 4 members (excludes halogenated alkanes) is 2. The van der Waals surface area contributed by atoms with E-state index in [-0.39, 0.29) is 5.41 Å². The van der Waals surface area contributed by atoms with Crippen LogP contribution >= 0.6 is 0 Å². The van der Waals surface area contributed by atoms with Crippen LogP contribution in [0.2, 0.25) is 0 Å². The second kappa shape index (κ2) is 9.87. The highest BCUT2D eigenvalue weighted by Gasteiger charge is 2.41. The van der Waals surface area contributed by atoms with E-state index in [1.54, 1.807) is 0 Å². The summed E-state index contributed by atoms with van der Waals surface area (Å²) < 4.78 is 1.93. The molecule has 0 unspecified atom stereocenters. The van der Waals surface area contributed by atoms with Gasteiger partial charge in [-0.1, -0.05) is 79.4 Å². The molecular formula is C22H43N3O. The van der Waals surface area contributed by atoms with Crippen molar-refractivity contribution in [2.75, 3.05) is 0 Å². The van der Waals surface area contributed by atoms with E-state index >= 15 is 0 Å². The molecule has 4 heteroatoms. The summed E-state index contributed by atoms with van der Waals surface area (Å²) in [6.07, 6.45) is 12.1. The highest BCUT2D eigenvalue weighted by atomic mass is 16.3. The standard InChI is InChI=1S/C22H43N3O/c1-8-20(5,6)22(26,11-4)18-25-19(17-23-24-25)15-13-12-14-16-21(7,9-2)10-3/h17,26H,8-16,18H2,1-7H3/t22-/m1/s1. The van der Waals surface area contributed by atoms with Gasteiger partial charge in [0.1, 0.15) is 0 Å². The first-order chi connectivity index (χ1) is 12.2. The lowest BCUT2D eigenvalue weighted by atomic mass is 9.71. The average molecular weight is 366 g/mol. The van der Waals surface area contributed by atoms with Crippen molar-refractivity contribution < 1.29 is 5.11 Å². The van der Waals surface area contributed by atoms with Crippen LogP contribution < -0.4 is 0 Å². The van der Waals surface area contributed by atoms with Crippen molar-refractivity contribution in [2.24, 2.45) is 10.8 Å². The molecule has 0 radical (unpaired) electrons. The summed E-state index contributed by atoms with van der Waals surface area (Å²) in [6.45, 7) is 16.0. The van der Waals surface area contributed by atoms with Crippen molar-refractivity contribution in [3.63, 3.8) is 0 Å². The molecule has 26 heavy (non-hydrogen) atoms. The first kappa shape index (κ1) is 23.1. The smallest absolute Gasteiger partial charge is 0.0891 e. The van der Waals surface area contributed by atoms with Crippen molar-refractivity contribution in [1.82, 2.24) is 15.0 Å². The average Bonchev–Trinajstić information content (AvgIpc) is 3.07. The van der Waals surface area contributed by atoms with Crippen LogP contribution in [0.1, 0.15) is 106 Å². The number of rotatable bonds is 13. The SMILES string of the molecule is CCC(C)(CC)CCCCCc1cnnn1C[C@](O)(CC)C(C)(C)CC. The molecule has 0 aromatic carbocycles. The van der Waals surface area contributed by atoms with E-state index in [1.165, 1.54) is 38.5 Å². The number of aliphatic hydroxyl groups is 1. The van der Waals surface area contributed by atoms with E-state index in [1.807, 2.05) is 10.9 Å². The Balaban J connectivity index is 2.59. The Bertz CT molecular complexity index is 519. The maximum Gasteiger partial charge on any atom is 0.0891 e. The summed E-state index contributed by atoms with van der Waals surface area (Å²) in [7, 11) is 0. The zero-order valence-corrected chi connectivity index (χ0v) is 18.4. The Morgan fingerprint density at radius 1 is 0.923 bits per heavy atom. The Kier molecular flexibility index (Phi) is 8.78. The molecular weight excluding hydrogens is 322 g/mol. The van der Waals surface area contributed by atoms with Crippen molar-refractivity contribution in [3.8, 4) is 0 Å². The van der Waals surface area contributed by atoms with Crippen LogP contribution in [0.3, 0.4) is 0 Å². The number of hydrogen-bond acceptors (Lipinski definition) is 3. The normalized spacial score (nSPS) is 15.2. The molecule has 1 heterocycles. The molecule has 1 rings (SSSR count). The summed E-state index contributed by atoms with van der Waals surface area (Å²) in [6, 6.07) is 0. The summed E-state index contributed by atoms with van der Waals surface area (Å²) in [5, 5.41) is 19.6. The quantitative estimate of drug-likeness (QED) is 0.450. The van der Waals surface area contributed by atoms with Gasteiger partial charge in [0.25, 0.3) is 0 Å². The molecule has 0 aliphatic heterocycles. The molecule has 0 aliphatic carbocycles. The number of aromatic nitrogens is 3. The van der Waals surface area contributed by atoms with Crippen LogP contribution in [0.4, 0.5) is 0 Å². The summed E-state index contributed by atoms with van der Waals surface area (Å²) >= 11 is 0. The van der Waals surface area contributed by atoms with Gasteiger partial charge in [-0.05, 0) is 42.9 Å². The largest absolute Gasteiger partial charge is 0.387 e. The van der Waals surface area contributed by atoms with Crippen LogP contribution in [0.5, 0.6) is 0 Å². The maximum absolute atomic E-state index is 11.2. The van der Waals surface area contributed by atoms with Crippen molar-refractivity contribution in [2.45, 2.75) is 118 Å².